The molecule has 0 spiro atoms. The highest BCUT2D eigenvalue weighted by Gasteiger charge is 2.23. The lowest BCUT2D eigenvalue weighted by Crippen LogP contribution is -2.51. The molecule has 6 nitrogen and oxygen atoms in total. The number of hydrogen-bond donors (Lipinski definition) is 1. The molecule has 0 bridgehead atoms. The summed E-state index contributed by atoms with van der Waals surface area (Å²) in [6.45, 7) is 1.91. The molecular weight excluding hydrogens is 448 g/mol. The van der Waals surface area contributed by atoms with Gasteiger partial charge in [-0.2, -0.15) is 0 Å². The number of benzene rings is 2. The molecule has 154 valence electrons. The van der Waals surface area contributed by atoms with Crippen LogP contribution >= 0.6 is 15.9 Å². The number of nitrogens with one attached hydrogen (secondary N) is 1. The van der Waals surface area contributed by atoms with Crippen molar-refractivity contribution in [3.63, 3.8) is 0 Å². The van der Waals surface area contributed by atoms with E-state index >= 15 is 0 Å². The molecule has 0 radical (unpaired) electrons. The van der Waals surface area contributed by atoms with Crippen molar-refractivity contribution >= 4 is 33.4 Å². The van der Waals surface area contributed by atoms with Crippen molar-refractivity contribution in [1.82, 2.24) is 9.80 Å². The summed E-state index contributed by atoms with van der Waals surface area (Å²) >= 11 is 3.16. The predicted molar refractivity (Wildman–Crippen MR) is 108 cm³/mol. The molecule has 1 heterocycles. The summed E-state index contributed by atoms with van der Waals surface area (Å²) in [5, 5.41) is 2.71. The van der Waals surface area contributed by atoms with E-state index in [9.17, 15) is 18.4 Å². The van der Waals surface area contributed by atoms with Gasteiger partial charge >= 0.3 is 0 Å². The maximum atomic E-state index is 13.7. The van der Waals surface area contributed by atoms with Crippen LogP contribution in [-0.4, -0.2) is 60.9 Å². The Bertz CT molecular complexity index is 872. The van der Waals surface area contributed by atoms with Crippen LogP contribution in [0.4, 0.5) is 14.5 Å². The topological polar surface area (TPSA) is 61.9 Å². The van der Waals surface area contributed by atoms with Gasteiger partial charge in [0, 0.05) is 36.3 Å². The molecule has 2 aromatic carbocycles. The number of rotatable bonds is 6. The van der Waals surface area contributed by atoms with Gasteiger partial charge in [0.05, 0.1) is 6.54 Å². The predicted octanol–water partition coefficient (Wildman–Crippen LogP) is 2.89. The smallest absolute Gasteiger partial charge is 0.260 e. The van der Waals surface area contributed by atoms with Gasteiger partial charge in [-0.1, -0.05) is 15.9 Å². The average molecular weight is 468 g/mol. The van der Waals surface area contributed by atoms with Crippen LogP contribution in [0.1, 0.15) is 0 Å². The molecule has 9 heteroatoms. The molecule has 1 N–H and O–H groups in total. The van der Waals surface area contributed by atoms with Crippen molar-refractivity contribution in [2.75, 3.05) is 44.6 Å². The molecular formula is C20H20BrF2N3O3. The molecule has 1 aliphatic heterocycles. The van der Waals surface area contributed by atoms with Crippen LogP contribution in [0.2, 0.25) is 0 Å². The Morgan fingerprint density at radius 1 is 1.03 bits per heavy atom. The van der Waals surface area contributed by atoms with E-state index in [2.05, 4.69) is 21.2 Å². The SMILES string of the molecule is O=C(CN1CCN(C(=O)COc2ccc(Br)cc2F)CC1)Nc1ccc(F)cc1. The van der Waals surface area contributed by atoms with E-state index in [1.807, 2.05) is 4.90 Å². The van der Waals surface area contributed by atoms with Crippen molar-refractivity contribution < 1.29 is 23.1 Å². The first-order valence-corrected chi connectivity index (χ1v) is 9.83. The second-order valence-electron chi connectivity index (χ2n) is 6.58. The van der Waals surface area contributed by atoms with Crippen LogP contribution in [-0.2, 0) is 9.59 Å². The first-order valence-electron chi connectivity index (χ1n) is 9.04. The highest BCUT2D eigenvalue weighted by Crippen LogP contribution is 2.21. The molecule has 1 saturated heterocycles. The van der Waals surface area contributed by atoms with Crippen molar-refractivity contribution in [2.45, 2.75) is 0 Å². The minimum absolute atomic E-state index is 0.0256. The third-order valence-corrected chi connectivity index (χ3v) is 4.96. The Hall–Kier alpha value is -2.52. The molecule has 0 aliphatic carbocycles. The summed E-state index contributed by atoms with van der Waals surface area (Å²) in [6.07, 6.45) is 0. The summed E-state index contributed by atoms with van der Waals surface area (Å²) in [6, 6.07) is 9.93. The van der Waals surface area contributed by atoms with Crippen LogP contribution in [0.25, 0.3) is 0 Å². The Kier molecular flexibility index (Phi) is 7.16. The van der Waals surface area contributed by atoms with Gasteiger partial charge in [-0.25, -0.2) is 8.78 Å². The molecule has 0 unspecified atom stereocenters. The summed E-state index contributed by atoms with van der Waals surface area (Å²) in [4.78, 5) is 28.0. The number of carbonyl (C=O) groups excluding carboxylic acids is 2. The lowest BCUT2D eigenvalue weighted by Gasteiger charge is -2.34. The zero-order valence-electron chi connectivity index (χ0n) is 15.5. The number of anilines is 1. The van der Waals surface area contributed by atoms with E-state index < -0.39 is 5.82 Å². The number of halogens is 3. The number of amides is 2. The van der Waals surface area contributed by atoms with E-state index in [4.69, 9.17) is 4.74 Å². The van der Waals surface area contributed by atoms with Gasteiger partial charge in [0.25, 0.3) is 5.91 Å². The third-order valence-electron chi connectivity index (χ3n) is 4.47. The molecule has 0 atom stereocenters. The maximum absolute atomic E-state index is 13.7. The largest absolute Gasteiger partial charge is 0.481 e. The fourth-order valence-corrected chi connectivity index (χ4v) is 3.25. The van der Waals surface area contributed by atoms with Gasteiger partial charge in [0.15, 0.2) is 18.2 Å². The summed E-state index contributed by atoms with van der Waals surface area (Å²) < 4.78 is 32.5. The summed E-state index contributed by atoms with van der Waals surface area (Å²) in [7, 11) is 0. The lowest BCUT2D eigenvalue weighted by atomic mass is 10.3. The molecule has 2 amide bonds. The van der Waals surface area contributed by atoms with Gasteiger partial charge in [0.2, 0.25) is 5.91 Å². The van der Waals surface area contributed by atoms with E-state index in [-0.39, 0.29) is 36.5 Å². The Morgan fingerprint density at radius 3 is 2.38 bits per heavy atom. The van der Waals surface area contributed by atoms with Crippen molar-refractivity contribution in [2.24, 2.45) is 0 Å². The van der Waals surface area contributed by atoms with Gasteiger partial charge < -0.3 is 15.0 Å². The van der Waals surface area contributed by atoms with Crippen LogP contribution in [0.3, 0.4) is 0 Å². The summed E-state index contributed by atoms with van der Waals surface area (Å²) in [5.74, 6) is -1.31. The second-order valence-corrected chi connectivity index (χ2v) is 7.49. The van der Waals surface area contributed by atoms with Crippen LogP contribution in [0.5, 0.6) is 5.75 Å². The minimum atomic E-state index is -0.538. The van der Waals surface area contributed by atoms with Gasteiger partial charge in [0.1, 0.15) is 5.82 Å². The van der Waals surface area contributed by atoms with Crippen LogP contribution in [0, 0.1) is 11.6 Å². The normalized spacial score (nSPS) is 14.5. The van der Waals surface area contributed by atoms with E-state index in [0.29, 0.717) is 36.3 Å². The van der Waals surface area contributed by atoms with E-state index in [0.717, 1.165) is 0 Å². The minimum Gasteiger partial charge on any atom is -0.481 e. The first-order chi connectivity index (χ1) is 13.9. The van der Waals surface area contributed by atoms with Crippen LogP contribution < -0.4 is 10.1 Å². The van der Waals surface area contributed by atoms with Gasteiger partial charge in [-0.15, -0.1) is 0 Å². The second kappa shape index (κ2) is 9.80. The zero-order valence-corrected chi connectivity index (χ0v) is 17.1. The number of carbonyl (C=O) groups is 2. The van der Waals surface area contributed by atoms with Crippen LogP contribution in [0.15, 0.2) is 46.9 Å². The fourth-order valence-electron chi connectivity index (χ4n) is 2.92. The highest BCUT2D eigenvalue weighted by molar-refractivity contribution is 9.10. The fraction of sp³-hybridized carbons (Fsp3) is 0.300. The Labute approximate surface area is 175 Å². The Balaban J connectivity index is 1.40. The number of hydrogen-bond acceptors (Lipinski definition) is 4. The van der Waals surface area contributed by atoms with Gasteiger partial charge in [-0.3, -0.25) is 14.5 Å². The first kappa shape index (κ1) is 21.2. The van der Waals surface area contributed by atoms with Crippen molar-refractivity contribution in [1.29, 1.82) is 0 Å². The Morgan fingerprint density at radius 2 is 1.72 bits per heavy atom. The zero-order chi connectivity index (χ0) is 20.8. The molecule has 1 fully saturated rings. The molecule has 29 heavy (non-hydrogen) atoms. The molecule has 1 aliphatic rings. The molecule has 3 rings (SSSR count). The molecule has 2 aromatic rings. The third kappa shape index (κ3) is 6.23. The van der Waals surface area contributed by atoms with Crippen molar-refractivity contribution in [3.05, 3.63) is 58.6 Å². The average Bonchev–Trinajstić information content (AvgIpc) is 2.69. The molecule has 0 aromatic heterocycles. The monoisotopic (exact) mass is 467 g/mol. The van der Waals surface area contributed by atoms with Crippen molar-refractivity contribution in [3.8, 4) is 5.75 Å². The van der Waals surface area contributed by atoms with Gasteiger partial charge in [-0.05, 0) is 42.5 Å². The molecule has 0 saturated carbocycles. The quantitative estimate of drug-likeness (QED) is 0.709. The maximum Gasteiger partial charge on any atom is 0.260 e. The highest BCUT2D eigenvalue weighted by atomic mass is 79.9. The van der Waals surface area contributed by atoms with E-state index in [1.54, 1.807) is 11.0 Å². The summed E-state index contributed by atoms with van der Waals surface area (Å²) in [5.41, 5.74) is 0.530. The number of piperazine rings is 1. The van der Waals surface area contributed by atoms with E-state index in [1.165, 1.54) is 36.4 Å². The number of ether oxygens (including phenoxy) is 1. The lowest BCUT2D eigenvalue weighted by molar-refractivity contribution is -0.135. The standard InChI is InChI=1S/C20H20BrF2N3O3/c21-14-1-6-18(17(23)11-14)29-13-20(28)26-9-7-25(8-10-26)12-19(27)24-16-4-2-15(22)3-5-16/h1-6,11H,7-10,12-13H2,(H,24,27). The number of nitrogens with zero attached hydrogens (tertiary/aromatic N) is 2.